The number of hydrogen-bond acceptors (Lipinski definition) is 4. The molecule has 136 valence electrons. The van der Waals surface area contributed by atoms with Crippen LogP contribution < -0.4 is 10.1 Å². The summed E-state index contributed by atoms with van der Waals surface area (Å²) in [6.45, 7) is 10.2. The van der Waals surface area contributed by atoms with Crippen LogP contribution in [-0.2, 0) is 11.3 Å². The van der Waals surface area contributed by atoms with Gasteiger partial charge in [0.15, 0.2) is 0 Å². The van der Waals surface area contributed by atoms with Crippen molar-refractivity contribution in [3.05, 3.63) is 42.0 Å². The number of hydrogen-bond donors (Lipinski definition) is 1. The number of fused-ring (bicyclic) bond motifs is 1. The van der Waals surface area contributed by atoms with E-state index < -0.39 is 0 Å². The summed E-state index contributed by atoms with van der Waals surface area (Å²) in [5, 5.41) is 6.08. The lowest BCUT2D eigenvalue weighted by Gasteiger charge is -2.34. The van der Waals surface area contributed by atoms with E-state index in [1.807, 2.05) is 0 Å². The Morgan fingerprint density at radius 3 is 2.88 bits per heavy atom. The van der Waals surface area contributed by atoms with Gasteiger partial charge in [-0.05, 0) is 22.8 Å². The van der Waals surface area contributed by atoms with Crippen LogP contribution in [0.2, 0.25) is 0 Å². The molecule has 0 aromatic heterocycles. The van der Waals surface area contributed by atoms with E-state index in [1.165, 1.54) is 16.3 Å². The van der Waals surface area contributed by atoms with E-state index in [0.717, 1.165) is 45.1 Å². The third-order valence-corrected chi connectivity index (χ3v) is 4.74. The average Bonchev–Trinajstić information content (AvgIpc) is 2.61. The predicted molar refractivity (Wildman–Crippen MR) is 103 cm³/mol. The van der Waals surface area contributed by atoms with Crippen molar-refractivity contribution in [2.45, 2.75) is 26.5 Å². The molecule has 1 atom stereocenters. The third kappa shape index (κ3) is 4.72. The van der Waals surface area contributed by atoms with Gasteiger partial charge in [0.1, 0.15) is 5.75 Å². The van der Waals surface area contributed by atoms with Crippen molar-refractivity contribution in [3.63, 3.8) is 0 Å². The van der Waals surface area contributed by atoms with Gasteiger partial charge >= 0.3 is 0 Å². The molecule has 1 saturated heterocycles. The van der Waals surface area contributed by atoms with Crippen LogP contribution in [0.5, 0.6) is 5.75 Å². The fourth-order valence-electron chi connectivity index (χ4n) is 3.63. The first-order valence-electron chi connectivity index (χ1n) is 9.26. The molecule has 0 spiro atoms. The number of methoxy groups -OCH3 is 1. The van der Waals surface area contributed by atoms with E-state index in [-0.39, 0.29) is 6.10 Å². The molecule has 1 aliphatic heterocycles. The van der Waals surface area contributed by atoms with E-state index in [2.05, 4.69) is 60.5 Å². The largest absolute Gasteiger partial charge is 0.496 e. The molecule has 25 heavy (non-hydrogen) atoms. The smallest absolute Gasteiger partial charge is 0.123 e. The standard InChI is InChI=1S/C21H30N2O2/c1-16(2)14-23-10-11-25-18(15-23)12-22-13-20-19-7-5-4-6-17(19)8-9-21(20)24-3/h4-9,16,18,22H,10-15H2,1-3H3. The van der Waals surface area contributed by atoms with Crippen LogP contribution in [0, 0.1) is 5.92 Å². The number of morpholine rings is 1. The molecule has 1 heterocycles. The molecule has 4 nitrogen and oxygen atoms in total. The second kappa shape index (κ2) is 8.65. The monoisotopic (exact) mass is 342 g/mol. The van der Waals surface area contributed by atoms with E-state index in [0.29, 0.717) is 5.92 Å². The fraction of sp³-hybridized carbons (Fsp3) is 0.524. The van der Waals surface area contributed by atoms with Gasteiger partial charge < -0.3 is 14.8 Å². The summed E-state index contributed by atoms with van der Waals surface area (Å²) in [6.07, 6.45) is 0.258. The Balaban J connectivity index is 1.61. The quantitative estimate of drug-likeness (QED) is 0.837. The van der Waals surface area contributed by atoms with Gasteiger partial charge in [0.2, 0.25) is 0 Å². The van der Waals surface area contributed by atoms with Gasteiger partial charge in [-0.1, -0.05) is 44.2 Å². The topological polar surface area (TPSA) is 33.7 Å². The summed E-state index contributed by atoms with van der Waals surface area (Å²) in [6, 6.07) is 12.6. The van der Waals surface area contributed by atoms with E-state index in [4.69, 9.17) is 9.47 Å². The van der Waals surface area contributed by atoms with Crippen LogP contribution in [0.4, 0.5) is 0 Å². The number of ether oxygens (including phenoxy) is 2. The minimum absolute atomic E-state index is 0.258. The Hall–Kier alpha value is -1.62. The molecule has 1 aliphatic rings. The highest BCUT2D eigenvalue weighted by Gasteiger charge is 2.20. The first-order valence-corrected chi connectivity index (χ1v) is 9.26. The zero-order valence-corrected chi connectivity index (χ0v) is 15.6. The summed E-state index contributed by atoms with van der Waals surface area (Å²) in [5.74, 6) is 1.64. The second-order valence-electron chi connectivity index (χ2n) is 7.24. The maximum atomic E-state index is 5.94. The summed E-state index contributed by atoms with van der Waals surface area (Å²) in [4.78, 5) is 2.51. The van der Waals surface area contributed by atoms with Crippen LogP contribution in [0.1, 0.15) is 19.4 Å². The van der Waals surface area contributed by atoms with Crippen molar-refractivity contribution < 1.29 is 9.47 Å². The number of benzene rings is 2. The summed E-state index contributed by atoms with van der Waals surface area (Å²) in [5.41, 5.74) is 1.22. The molecule has 0 radical (unpaired) electrons. The molecule has 4 heteroatoms. The zero-order chi connectivity index (χ0) is 17.6. The van der Waals surface area contributed by atoms with Crippen LogP contribution in [0.25, 0.3) is 10.8 Å². The Morgan fingerprint density at radius 1 is 1.24 bits per heavy atom. The lowest BCUT2D eigenvalue weighted by atomic mass is 10.0. The Bertz CT molecular complexity index is 687. The Morgan fingerprint density at radius 2 is 2.08 bits per heavy atom. The molecule has 1 N–H and O–H groups in total. The molecule has 1 unspecified atom stereocenters. The molecule has 2 aromatic carbocycles. The van der Waals surface area contributed by atoms with Crippen molar-refractivity contribution in [2.75, 3.05) is 39.9 Å². The number of rotatable bonds is 7. The van der Waals surface area contributed by atoms with Crippen LogP contribution in [-0.4, -0.2) is 50.9 Å². The lowest BCUT2D eigenvalue weighted by molar-refractivity contribution is -0.0303. The summed E-state index contributed by atoms with van der Waals surface area (Å²) in [7, 11) is 1.74. The maximum Gasteiger partial charge on any atom is 0.123 e. The van der Waals surface area contributed by atoms with Crippen molar-refractivity contribution in [1.82, 2.24) is 10.2 Å². The molecule has 0 amide bonds. The highest BCUT2D eigenvalue weighted by atomic mass is 16.5. The SMILES string of the molecule is COc1ccc2ccccc2c1CNCC1CN(CC(C)C)CCO1. The Kier molecular flexibility index (Phi) is 6.29. The van der Waals surface area contributed by atoms with E-state index in [9.17, 15) is 0 Å². The third-order valence-electron chi connectivity index (χ3n) is 4.74. The van der Waals surface area contributed by atoms with Crippen LogP contribution >= 0.6 is 0 Å². The highest BCUT2D eigenvalue weighted by Crippen LogP contribution is 2.27. The molecule has 2 aromatic rings. The van der Waals surface area contributed by atoms with Crippen molar-refractivity contribution >= 4 is 10.8 Å². The first kappa shape index (κ1) is 18.2. The van der Waals surface area contributed by atoms with Crippen molar-refractivity contribution in [1.29, 1.82) is 0 Å². The van der Waals surface area contributed by atoms with Gasteiger partial charge in [-0.15, -0.1) is 0 Å². The second-order valence-corrected chi connectivity index (χ2v) is 7.24. The van der Waals surface area contributed by atoms with Gasteiger partial charge in [-0.25, -0.2) is 0 Å². The zero-order valence-electron chi connectivity index (χ0n) is 15.6. The lowest BCUT2D eigenvalue weighted by Crippen LogP contribution is -2.47. The number of nitrogens with one attached hydrogen (secondary N) is 1. The minimum Gasteiger partial charge on any atom is -0.496 e. The predicted octanol–water partition coefficient (Wildman–Crippen LogP) is 3.29. The highest BCUT2D eigenvalue weighted by molar-refractivity contribution is 5.87. The van der Waals surface area contributed by atoms with Crippen molar-refractivity contribution in [2.24, 2.45) is 5.92 Å². The minimum atomic E-state index is 0.258. The average molecular weight is 342 g/mol. The van der Waals surface area contributed by atoms with Crippen LogP contribution in [0.15, 0.2) is 36.4 Å². The molecule has 0 saturated carbocycles. The molecule has 3 rings (SSSR count). The molecule has 0 aliphatic carbocycles. The molecular weight excluding hydrogens is 312 g/mol. The Labute approximate surface area is 151 Å². The maximum absolute atomic E-state index is 5.94. The van der Waals surface area contributed by atoms with Gasteiger partial charge in [-0.2, -0.15) is 0 Å². The molecule has 0 bridgehead atoms. The van der Waals surface area contributed by atoms with Gasteiger partial charge in [-0.3, -0.25) is 4.90 Å². The summed E-state index contributed by atoms with van der Waals surface area (Å²) < 4.78 is 11.5. The van der Waals surface area contributed by atoms with E-state index >= 15 is 0 Å². The van der Waals surface area contributed by atoms with Gasteiger partial charge in [0, 0.05) is 38.3 Å². The van der Waals surface area contributed by atoms with Crippen molar-refractivity contribution in [3.8, 4) is 5.75 Å². The fourth-order valence-corrected chi connectivity index (χ4v) is 3.63. The first-order chi connectivity index (χ1) is 12.2. The van der Waals surface area contributed by atoms with Gasteiger partial charge in [0.25, 0.3) is 0 Å². The van der Waals surface area contributed by atoms with Crippen LogP contribution in [0.3, 0.4) is 0 Å². The molecule has 1 fully saturated rings. The summed E-state index contributed by atoms with van der Waals surface area (Å²) >= 11 is 0. The number of nitrogens with zero attached hydrogens (tertiary/aromatic N) is 1. The normalized spacial score (nSPS) is 18.8. The van der Waals surface area contributed by atoms with E-state index in [1.54, 1.807) is 7.11 Å². The molecular formula is C21H30N2O2. The van der Waals surface area contributed by atoms with Gasteiger partial charge in [0.05, 0.1) is 19.8 Å².